The van der Waals surface area contributed by atoms with Crippen molar-refractivity contribution < 1.29 is 13.2 Å². The third-order valence-corrected chi connectivity index (χ3v) is 15.1. The molecule has 0 spiro atoms. The van der Waals surface area contributed by atoms with Crippen molar-refractivity contribution in [1.82, 2.24) is 9.13 Å². The lowest BCUT2D eigenvalue weighted by Gasteiger charge is -2.20. The minimum absolute atomic E-state index is 0.00157. The van der Waals surface area contributed by atoms with Crippen LogP contribution < -0.4 is 0 Å². The molecule has 0 saturated heterocycles. The first-order valence-corrected chi connectivity index (χ1v) is 25.9. The summed E-state index contributed by atoms with van der Waals surface area (Å²) in [7, 11) is 0. The van der Waals surface area contributed by atoms with Gasteiger partial charge in [-0.1, -0.05) is 30.3 Å². The van der Waals surface area contributed by atoms with Crippen molar-refractivity contribution in [2.45, 2.75) is 6.18 Å². The van der Waals surface area contributed by atoms with E-state index in [0.717, 1.165) is 6.07 Å². The lowest BCUT2D eigenvalue weighted by molar-refractivity contribution is -0.137. The summed E-state index contributed by atoms with van der Waals surface area (Å²) >= 11 is 0. The molecule has 2 heterocycles. The van der Waals surface area contributed by atoms with Gasteiger partial charge in [-0.05, 0) is 201 Å². The molecule has 0 radical (unpaired) electrons. The van der Waals surface area contributed by atoms with Gasteiger partial charge in [-0.3, -0.25) is 0 Å². The highest BCUT2D eigenvalue weighted by molar-refractivity contribution is 6.14. The van der Waals surface area contributed by atoms with Crippen LogP contribution in [-0.4, -0.2) is 9.13 Å². The van der Waals surface area contributed by atoms with E-state index in [1.807, 2.05) is 30.3 Å². The molecule has 0 atom stereocenters. The Morgan fingerprint density at radius 3 is 0.779 bits per heavy atom. The van der Waals surface area contributed by atoms with Crippen LogP contribution in [0.1, 0.15) is 61.2 Å². The second-order valence-electron chi connectivity index (χ2n) is 20.1. The van der Waals surface area contributed by atoms with E-state index >= 15 is 13.2 Å². The number of benzene rings is 10. The minimum atomic E-state index is -4.99. The molecule has 12 nitrogen and oxygen atoms in total. The summed E-state index contributed by atoms with van der Waals surface area (Å²) < 4.78 is 50.2. The molecule has 86 heavy (non-hydrogen) atoms. The van der Waals surface area contributed by atoms with Crippen LogP contribution in [0.4, 0.5) is 13.2 Å². The Kier molecular flexibility index (Phi) is 12.9. The van der Waals surface area contributed by atoms with Gasteiger partial charge in [-0.15, -0.1) is 0 Å². The molecule has 12 rings (SSSR count). The Morgan fingerprint density at radius 2 is 0.535 bits per heavy atom. The van der Waals surface area contributed by atoms with Gasteiger partial charge < -0.3 is 9.13 Å². The lowest BCUT2D eigenvalue weighted by atomic mass is 9.94. The highest BCUT2D eigenvalue weighted by Gasteiger charge is 2.35. The minimum Gasteiger partial charge on any atom is -0.308 e. The van der Waals surface area contributed by atoms with E-state index in [1.54, 1.807) is 106 Å². The molecule has 0 N–H and O–H groups in total. The fourth-order valence-corrected chi connectivity index (χ4v) is 11.3. The second kappa shape index (κ2) is 20.9. The zero-order chi connectivity index (χ0) is 60.1. The molecule has 15 heteroatoms. The van der Waals surface area contributed by atoms with Gasteiger partial charge in [0, 0.05) is 21.5 Å². The Bertz CT molecular complexity index is 4800. The molecular weight excluding hydrogens is 1080 g/mol. The lowest BCUT2D eigenvalue weighted by Crippen LogP contribution is -2.09. The molecule has 10 aromatic carbocycles. The zero-order valence-corrected chi connectivity index (χ0v) is 44.2. The summed E-state index contributed by atoms with van der Waals surface area (Å²) in [4.78, 5) is 0. The molecule has 0 amide bonds. The summed E-state index contributed by atoms with van der Waals surface area (Å²) in [5.41, 5.74) is 6.85. The van der Waals surface area contributed by atoms with Gasteiger partial charge in [0.2, 0.25) is 0 Å². The van der Waals surface area contributed by atoms with Gasteiger partial charge in [0.05, 0.1) is 144 Å². The van der Waals surface area contributed by atoms with Gasteiger partial charge in [0.15, 0.2) is 0 Å². The average Bonchev–Trinajstić information content (AvgIpc) is 1.85. The molecule has 0 unspecified atom stereocenters. The van der Waals surface area contributed by atoms with E-state index in [2.05, 4.69) is 54.6 Å². The van der Waals surface area contributed by atoms with E-state index in [0.29, 0.717) is 88.1 Å². The number of halogens is 3. The monoisotopic (exact) mass is 1110 g/mol. The third kappa shape index (κ3) is 9.09. The summed E-state index contributed by atoms with van der Waals surface area (Å²) in [6, 6.07) is 68.0. The largest absolute Gasteiger partial charge is 0.417 e. The first-order chi connectivity index (χ1) is 41.7. The van der Waals surface area contributed by atoms with E-state index in [4.69, 9.17) is 0 Å². The van der Waals surface area contributed by atoms with Crippen molar-refractivity contribution in [1.29, 1.82) is 52.6 Å². The first kappa shape index (κ1) is 53.1. The van der Waals surface area contributed by atoms with Gasteiger partial charge in [-0.2, -0.15) is 65.8 Å². The van der Waals surface area contributed by atoms with Crippen molar-refractivity contribution in [3.63, 3.8) is 0 Å². The Labute approximate surface area is 487 Å². The third-order valence-electron chi connectivity index (χ3n) is 15.1. The number of fused-ring (bicyclic) bond motifs is 6. The van der Waals surface area contributed by atoms with E-state index in [1.165, 1.54) is 48.5 Å². The van der Waals surface area contributed by atoms with Crippen LogP contribution in [0.3, 0.4) is 0 Å². The quantitative estimate of drug-likeness (QED) is 0.146. The fourth-order valence-electron chi connectivity index (χ4n) is 11.3. The van der Waals surface area contributed by atoms with Crippen molar-refractivity contribution in [3.8, 4) is 128 Å². The van der Waals surface area contributed by atoms with Crippen LogP contribution in [0.25, 0.3) is 111 Å². The molecule has 0 saturated carbocycles. The van der Waals surface area contributed by atoms with Crippen LogP contribution >= 0.6 is 0 Å². The number of hydrogen-bond acceptors (Lipinski definition) is 10. The van der Waals surface area contributed by atoms with Gasteiger partial charge in [-0.25, -0.2) is 0 Å². The van der Waals surface area contributed by atoms with Crippen LogP contribution in [-0.2, 0) is 6.18 Å². The smallest absolute Gasteiger partial charge is 0.308 e. The van der Waals surface area contributed by atoms with E-state index < -0.39 is 11.7 Å². The predicted octanol–water partition coefficient (Wildman–Crippen LogP) is 16.0. The van der Waals surface area contributed by atoms with Gasteiger partial charge in [0.25, 0.3) is 0 Å². The highest BCUT2D eigenvalue weighted by Crippen LogP contribution is 2.46. The number of aromatic nitrogens is 2. The zero-order valence-electron chi connectivity index (χ0n) is 44.2. The van der Waals surface area contributed by atoms with E-state index in [-0.39, 0.29) is 78.1 Å². The van der Waals surface area contributed by atoms with Crippen LogP contribution in [0.2, 0.25) is 0 Å². The molecule has 12 aromatic rings. The summed E-state index contributed by atoms with van der Waals surface area (Å²) in [5, 5.41) is 104. The molecule has 0 bridgehead atoms. The number of nitriles is 10. The Morgan fingerprint density at radius 1 is 0.256 bits per heavy atom. The van der Waals surface area contributed by atoms with Crippen molar-refractivity contribution in [3.05, 3.63) is 237 Å². The Balaban J connectivity index is 1.22. The fraction of sp³-hybridized carbons (Fsp3) is 0.0141. The van der Waals surface area contributed by atoms with Crippen LogP contribution in [0.15, 0.2) is 176 Å². The molecule has 394 valence electrons. The predicted molar refractivity (Wildman–Crippen MR) is 314 cm³/mol. The molecule has 0 fully saturated rings. The molecule has 0 aliphatic heterocycles. The molecule has 2 aromatic heterocycles. The van der Waals surface area contributed by atoms with Gasteiger partial charge >= 0.3 is 6.18 Å². The van der Waals surface area contributed by atoms with Crippen LogP contribution in [0, 0.1) is 113 Å². The van der Waals surface area contributed by atoms with Crippen LogP contribution in [0.5, 0.6) is 0 Å². The average molecular weight is 1110 g/mol. The summed E-state index contributed by atoms with van der Waals surface area (Å²) in [6.07, 6.45) is -4.99. The normalized spacial score (nSPS) is 10.8. The number of alkyl halides is 3. The molecular formula is C71H29F3N12. The topological polar surface area (TPSA) is 248 Å². The van der Waals surface area contributed by atoms with Crippen molar-refractivity contribution in [2.75, 3.05) is 0 Å². The first-order valence-electron chi connectivity index (χ1n) is 25.9. The highest BCUT2D eigenvalue weighted by atomic mass is 19.4. The maximum Gasteiger partial charge on any atom is 0.417 e. The number of nitrogens with zero attached hydrogens (tertiary/aromatic N) is 12. The Hall–Kier alpha value is -13.5. The number of rotatable bonds is 7. The van der Waals surface area contributed by atoms with E-state index in [9.17, 15) is 52.6 Å². The maximum absolute atomic E-state index is 15.6. The van der Waals surface area contributed by atoms with Gasteiger partial charge in [0.1, 0.15) is 11.6 Å². The SMILES string of the molecule is N#Cc1cc(C#N)cc(-c2ccc3c(c2)c2cc(-c4cc(C#N)cc(C#N)c4)ccc2n3-c2cc(-c3ccc(C#N)cc3C(F)(F)F)cc(-n3c4ccc(-c5cc(C#N)cc(C#N)c5)cc4c4cc(-c5cc(C#N)cc(C#N)c5)ccc43)c2C#N)c1. The molecule has 0 aliphatic rings. The molecule has 0 aliphatic carbocycles. The summed E-state index contributed by atoms with van der Waals surface area (Å²) in [6.45, 7) is 0. The standard InChI is InChI=1S/C71H29F3N12/c72-71(73,74)64-23-40(30-75)1-6-58(64)57-28-69(85-65-7-2-49(53-15-41(31-76)11-42(16-53)32-77)24-59(65)60-25-50(3-8-66(60)85)54-17-43(33-78)12-44(18-54)34-79)63(39-84)70(29-57)86-67-9-4-51(55-19-45(35-80)13-46(20-55)36-81)26-61(67)62-27-52(5-10-68(62)86)56-21-47(37-82)14-48(22-56)38-83/h1-29H. The van der Waals surface area contributed by atoms with Crippen molar-refractivity contribution in [2.24, 2.45) is 0 Å². The van der Waals surface area contributed by atoms with Crippen molar-refractivity contribution >= 4 is 43.6 Å². The number of hydrogen-bond donors (Lipinski definition) is 0. The summed E-state index contributed by atoms with van der Waals surface area (Å²) in [5.74, 6) is 0. The maximum atomic E-state index is 15.6. The second-order valence-corrected chi connectivity index (χ2v) is 20.1.